The van der Waals surface area contributed by atoms with Gasteiger partial charge in [0, 0.05) is 6.07 Å². The predicted octanol–water partition coefficient (Wildman–Crippen LogP) is 4.50. The molecule has 9 heteroatoms. The van der Waals surface area contributed by atoms with Crippen molar-refractivity contribution in [3.63, 3.8) is 0 Å². The summed E-state index contributed by atoms with van der Waals surface area (Å²) in [7, 11) is 0. The van der Waals surface area contributed by atoms with Crippen LogP contribution in [0.2, 0.25) is 0 Å². The molecule has 1 aromatic heterocycles. The van der Waals surface area contributed by atoms with Crippen molar-refractivity contribution in [3.8, 4) is 5.88 Å². The van der Waals surface area contributed by atoms with E-state index >= 15 is 0 Å². The first-order valence-corrected chi connectivity index (χ1v) is 9.29. The third-order valence-electron chi connectivity index (χ3n) is 4.41. The van der Waals surface area contributed by atoms with Gasteiger partial charge in [0.25, 0.3) is 0 Å². The van der Waals surface area contributed by atoms with Crippen LogP contribution in [0, 0.1) is 5.92 Å². The number of carbonyl (C=O) groups is 1. The summed E-state index contributed by atoms with van der Waals surface area (Å²) in [4.78, 5) is 13.4. The van der Waals surface area contributed by atoms with Crippen molar-refractivity contribution >= 4 is 11.8 Å². The third-order valence-corrected chi connectivity index (χ3v) is 4.41. The molecule has 2 aliphatic rings. The molecule has 0 aromatic carbocycles. The van der Waals surface area contributed by atoms with Crippen LogP contribution >= 0.6 is 0 Å². The first-order chi connectivity index (χ1) is 13.5. The van der Waals surface area contributed by atoms with Gasteiger partial charge in [0.1, 0.15) is 11.7 Å². The van der Waals surface area contributed by atoms with Gasteiger partial charge in [0.2, 0.25) is 5.88 Å². The van der Waals surface area contributed by atoms with Gasteiger partial charge in [-0.15, -0.1) is 6.58 Å². The Morgan fingerprint density at radius 1 is 1.31 bits per heavy atom. The number of halogens is 3. The van der Waals surface area contributed by atoms with Gasteiger partial charge >= 0.3 is 12.3 Å². The number of nitrogens with zero attached hydrogens (tertiary/aromatic N) is 3. The summed E-state index contributed by atoms with van der Waals surface area (Å²) >= 11 is 0. The van der Waals surface area contributed by atoms with Crippen molar-refractivity contribution in [2.45, 2.75) is 45.1 Å². The normalized spacial score (nSPS) is 20.1. The number of allylic oxidation sites excluding steroid dienone is 5. The van der Waals surface area contributed by atoms with E-state index in [9.17, 15) is 18.0 Å². The zero-order valence-electron chi connectivity index (χ0n) is 16.6. The van der Waals surface area contributed by atoms with E-state index < -0.39 is 29.7 Å². The molecule has 6 nitrogen and oxygen atoms in total. The zero-order chi connectivity index (χ0) is 21.4. The van der Waals surface area contributed by atoms with Crippen molar-refractivity contribution in [2.75, 3.05) is 13.1 Å². The number of likely N-dealkylation sites (tertiary alicyclic amines) is 1. The molecule has 158 valence electrons. The van der Waals surface area contributed by atoms with Gasteiger partial charge in [-0.25, -0.2) is 9.48 Å². The maximum Gasteiger partial charge on any atom is 0.435 e. The number of hydrogen-bond donors (Lipinski definition) is 0. The number of rotatable bonds is 4. The Balaban J connectivity index is 1.72. The zero-order valence-corrected chi connectivity index (χ0v) is 16.6. The number of amides is 1. The fourth-order valence-corrected chi connectivity index (χ4v) is 2.89. The van der Waals surface area contributed by atoms with Gasteiger partial charge in [-0.2, -0.15) is 18.3 Å². The van der Waals surface area contributed by atoms with Crippen molar-refractivity contribution in [2.24, 2.45) is 5.92 Å². The summed E-state index contributed by atoms with van der Waals surface area (Å²) in [6.45, 7) is 9.47. The molecule has 1 aliphatic heterocycles. The number of alkyl halides is 3. The number of ether oxygens (including phenoxy) is 2. The molecule has 0 radical (unpaired) electrons. The lowest BCUT2D eigenvalue weighted by Crippen LogP contribution is -2.57. The molecule has 1 fully saturated rings. The molecule has 0 spiro atoms. The first kappa shape index (κ1) is 21.0. The SMILES string of the molecule is C=CC1C=CC(n2nc(C(F)(F)F)cc2OC2CN(C(=O)OC(C)(C)C)C2)=CC1. The van der Waals surface area contributed by atoms with Gasteiger partial charge in [0.15, 0.2) is 5.69 Å². The summed E-state index contributed by atoms with van der Waals surface area (Å²) in [5.74, 6) is 0.119. The summed E-state index contributed by atoms with van der Waals surface area (Å²) in [6.07, 6.45) is 2.23. The first-order valence-electron chi connectivity index (χ1n) is 9.29. The van der Waals surface area contributed by atoms with Gasteiger partial charge in [-0.3, -0.25) is 0 Å². The largest absolute Gasteiger partial charge is 0.470 e. The lowest BCUT2D eigenvalue weighted by molar-refractivity contribution is -0.141. The Morgan fingerprint density at radius 2 is 2.00 bits per heavy atom. The Morgan fingerprint density at radius 3 is 2.52 bits per heavy atom. The summed E-state index contributed by atoms with van der Waals surface area (Å²) < 4.78 is 51.7. The average Bonchev–Trinajstić information content (AvgIpc) is 3.00. The Bertz CT molecular complexity index is 843. The summed E-state index contributed by atoms with van der Waals surface area (Å²) in [6, 6.07) is 0.879. The molecule has 29 heavy (non-hydrogen) atoms. The van der Waals surface area contributed by atoms with E-state index in [1.165, 1.54) is 4.90 Å². The quantitative estimate of drug-likeness (QED) is 0.685. The molecule has 1 amide bonds. The van der Waals surface area contributed by atoms with Gasteiger partial charge in [-0.1, -0.05) is 18.2 Å². The van der Waals surface area contributed by atoms with E-state index in [1.807, 2.05) is 6.08 Å². The Kier molecular flexibility index (Phi) is 5.51. The van der Waals surface area contributed by atoms with Crippen LogP contribution in [0.4, 0.5) is 18.0 Å². The highest BCUT2D eigenvalue weighted by Crippen LogP contribution is 2.34. The highest BCUT2D eigenvalue weighted by atomic mass is 19.4. The lowest BCUT2D eigenvalue weighted by atomic mass is 10.00. The van der Waals surface area contributed by atoms with E-state index in [2.05, 4.69) is 11.7 Å². The van der Waals surface area contributed by atoms with Crippen LogP contribution < -0.4 is 4.74 Å². The minimum Gasteiger partial charge on any atom is -0.470 e. The third kappa shape index (κ3) is 5.02. The summed E-state index contributed by atoms with van der Waals surface area (Å²) in [5, 5.41) is 3.69. The van der Waals surface area contributed by atoms with Crippen LogP contribution in [-0.4, -0.2) is 45.6 Å². The highest BCUT2D eigenvalue weighted by molar-refractivity contribution is 5.69. The molecule has 0 bridgehead atoms. The van der Waals surface area contributed by atoms with Crippen molar-refractivity contribution in [1.29, 1.82) is 0 Å². The average molecular weight is 411 g/mol. The minimum atomic E-state index is -4.59. The number of hydrogen-bond acceptors (Lipinski definition) is 4. The Hall–Kier alpha value is -2.71. The summed E-state index contributed by atoms with van der Waals surface area (Å²) in [5.41, 5.74) is -1.15. The van der Waals surface area contributed by atoms with Crippen LogP contribution in [0.5, 0.6) is 5.88 Å². The van der Waals surface area contributed by atoms with Gasteiger partial charge in [-0.05, 0) is 39.2 Å². The van der Waals surface area contributed by atoms with E-state index in [-0.39, 0.29) is 24.9 Å². The molecule has 1 saturated heterocycles. The molecule has 1 aliphatic carbocycles. The fraction of sp³-hybridized carbons (Fsp3) is 0.500. The number of aromatic nitrogens is 2. The maximum absolute atomic E-state index is 13.2. The van der Waals surface area contributed by atoms with Crippen LogP contribution in [-0.2, 0) is 10.9 Å². The molecular weight excluding hydrogens is 387 g/mol. The second-order valence-corrected chi connectivity index (χ2v) is 8.03. The van der Waals surface area contributed by atoms with Crippen LogP contribution in [0.15, 0.2) is 36.9 Å². The van der Waals surface area contributed by atoms with Crippen LogP contribution in [0.1, 0.15) is 32.9 Å². The molecule has 1 atom stereocenters. The second kappa shape index (κ2) is 7.61. The Labute approximate surface area is 167 Å². The van der Waals surface area contributed by atoms with E-state index in [1.54, 1.807) is 39.0 Å². The molecule has 1 aromatic rings. The van der Waals surface area contributed by atoms with Crippen LogP contribution in [0.25, 0.3) is 5.70 Å². The fourth-order valence-electron chi connectivity index (χ4n) is 2.89. The van der Waals surface area contributed by atoms with E-state index in [0.29, 0.717) is 12.1 Å². The lowest BCUT2D eigenvalue weighted by Gasteiger charge is -2.39. The molecule has 0 saturated carbocycles. The molecule has 3 rings (SSSR count). The molecule has 2 heterocycles. The van der Waals surface area contributed by atoms with Crippen molar-refractivity contribution in [1.82, 2.24) is 14.7 Å². The van der Waals surface area contributed by atoms with E-state index in [4.69, 9.17) is 9.47 Å². The van der Waals surface area contributed by atoms with Gasteiger partial charge in [0.05, 0.1) is 18.8 Å². The highest BCUT2D eigenvalue weighted by Gasteiger charge is 2.39. The standard InChI is InChI=1S/C20H24F3N3O3/c1-5-13-6-8-14(9-7-13)26-17(10-16(24-26)20(21,22)23)28-15-11-25(12-15)18(27)29-19(2,3)4/h5-6,8-10,13,15H,1,7,11-12H2,2-4H3. The molecule has 0 N–H and O–H groups in total. The topological polar surface area (TPSA) is 56.6 Å². The monoisotopic (exact) mass is 411 g/mol. The van der Waals surface area contributed by atoms with Crippen LogP contribution in [0.3, 0.4) is 0 Å². The maximum atomic E-state index is 13.2. The van der Waals surface area contributed by atoms with Gasteiger partial charge < -0.3 is 14.4 Å². The van der Waals surface area contributed by atoms with Crippen molar-refractivity contribution in [3.05, 3.63) is 42.6 Å². The number of carbonyl (C=O) groups excluding carboxylic acids is 1. The predicted molar refractivity (Wildman–Crippen MR) is 101 cm³/mol. The second-order valence-electron chi connectivity index (χ2n) is 8.03. The van der Waals surface area contributed by atoms with Crippen molar-refractivity contribution < 1.29 is 27.4 Å². The van der Waals surface area contributed by atoms with E-state index in [0.717, 1.165) is 10.7 Å². The molecular formula is C20H24F3N3O3. The minimum absolute atomic E-state index is 0.0147. The molecule has 1 unspecified atom stereocenters. The smallest absolute Gasteiger partial charge is 0.435 e.